The first kappa shape index (κ1) is 14.3. The van der Waals surface area contributed by atoms with Gasteiger partial charge in [0, 0.05) is 17.8 Å². The quantitative estimate of drug-likeness (QED) is 0.599. The predicted octanol–water partition coefficient (Wildman–Crippen LogP) is 1.46. The number of hydrogen-bond acceptors (Lipinski definition) is 4. The second-order valence-corrected chi connectivity index (χ2v) is 6.00. The minimum atomic E-state index is -0.122. The van der Waals surface area contributed by atoms with Crippen LogP contribution in [-0.4, -0.2) is 32.6 Å². The third kappa shape index (κ3) is 4.95. The lowest BCUT2D eigenvalue weighted by atomic mass is 10.1. The Hall–Kier alpha value is -0.750. The van der Waals surface area contributed by atoms with E-state index in [0.717, 1.165) is 23.9 Å². The molecular weight excluding hydrogens is 236 g/mol. The monoisotopic (exact) mass is 258 g/mol. The highest BCUT2D eigenvalue weighted by atomic mass is 32.2. The molecule has 0 saturated carbocycles. The van der Waals surface area contributed by atoms with Crippen molar-refractivity contribution in [3.8, 4) is 0 Å². The van der Waals surface area contributed by atoms with Crippen molar-refractivity contribution in [1.82, 2.24) is 20.1 Å². The minimum absolute atomic E-state index is 0.122. The van der Waals surface area contributed by atoms with Crippen molar-refractivity contribution in [2.45, 2.75) is 51.4 Å². The molecule has 98 valence electrons. The number of H-pyrrole nitrogens is 1. The molecule has 0 atom stereocenters. The van der Waals surface area contributed by atoms with Crippen molar-refractivity contribution in [2.75, 3.05) is 12.3 Å². The smallest absolute Gasteiger partial charge is 0.312 e. The van der Waals surface area contributed by atoms with Gasteiger partial charge in [-0.05, 0) is 40.7 Å². The number of thioether (sulfide) groups is 1. The first-order valence-electron chi connectivity index (χ1n) is 5.97. The van der Waals surface area contributed by atoms with E-state index in [9.17, 15) is 4.79 Å². The summed E-state index contributed by atoms with van der Waals surface area (Å²) < 4.78 is 1.65. The molecule has 0 spiro atoms. The molecule has 0 aliphatic heterocycles. The summed E-state index contributed by atoms with van der Waals surface area (Å²) in [5.74, 6) is 0.966. The molecule has 6 heteroatoms. The molecule has 0 unspecified atom stereocenters. The maximum absolute atomic E-state index is 11.3. The Morgan fingerprint density at radius 3 is 2.76 bits per heavy atom. The van der Waals surface area contributed by atoms with E-state index in [4.69, 9.17) is 0 Å². The van der Waals surface area contributed by atoms with Gasteiger partial charge in [-0.15, -0.1) is 5.10 Å². The minimum Gasteiger partial charge on any atom is -0.312 e. The molecule has 5 nitrogen and oxygen atoms in total. The van der Waals surface area contributed by atoms with E-state index in [1.54, 1.807) is 16.3 Å². The summed E-state index contributed by atoms with van der Waals surface area (Å²) in [4.78, 5) is 11.3. The first-order chi connectivity index (χ1) is 7.94. The fourth-order valence-corrected chi connectivity index (χ4v) is 2.34. The van der Waals surface area contributed by atoms with Crippen LogP contribution in [0.1, 0.15) is 34.1 Å². The van der Waals surface area contributed by atoms with Gasteiger partial charge in [0.1, 0.15) is 0 Å². The Labute approximate surface area is 106 Å². The Kier molecular flexibility index (Phi) is 5.27. The van der Waals surface area contributed by atoms with Crippen LogP contribution in [0.4, 0.5) is 0 Å². The number of nitrogens with one attached hydrogen (secondary N) is 2. The average molecular weight is 258 g/mol. The van der Waals surface area contributed by atoms with Crippen molar-refractivity contribution in [3.63, 3.8) is 0 Å². The van der Waals surface area contributed by atoms with E-state index in [1.807, 2.05) is 6.92 Å². The fourth-order valence-electron chi connectivity index (χ4n) is 1.39. The number of aromatic nitrogens is 3. The SMILES string of the molecule is CCn1c(SCCCNC(C)(C)C)n[nH]c1=O. The fraction of sp³-hybridized carbons (Fsp3) is 0.818. The summed E-state index contributed by atoms with van der Waals surface area (Å²) in [6.45, 7) is 10.1. The molecule has 0 saturated heterocycles. The molecule has 17 heavy (non-hydrogen) atoms. The summed E-state index contributed by atoms with van der Waals surface area (Å²) in [5.41, 5.74) is 0.0468. The predicted molar refractivity (Wildman–Crippen MR) is 71.6 cm³/mol. The Morgan fingerprint density at radius 2 is 2.18 bits per heavy atom. The van der Waals surface area contributed by atoms with Gasteiger partial charge < -0.3 is 5.32 Å². The van der Waals surface area contributed by atoms with E-state index in [1.165, 1.54) is 0 Å². The van der Waals surface area contributed by atoms with E-state index in [2.05, 4.69) is 36.3 Å². The number of hydrogen-bond donors (Lipinski definition) is 2. The largest absolute Gasteiger partial charge is 0.343 e. The molecule has 1 aromatic heterocycles. The zero-order valence-electron chi connectivity index (χ0n) is 11.0. The summed E-state index contributed by atoms with van der Waals surface area (Å²) in [6.07, 6.45) is 1.06. The summed E-state index contributed by atoms with van der Waals surface area (Å²) in [5, 5.41) is 10.7. The van der Waals surface area contributed by atoms with Gasteiger partial charge in [0.2, 0.25) is 0 Å². The van der Waals surface area contributed by atoms with Crippen LogP contribution in [0.5, 0.6) is 0 Å². The van der Waals surface area contributed by atoms with Crippen LogP contribution in [0, 0.1) is 0 Å². The molecule has 0 aliphatic carbocycles. The second kappa shape index (κ2) is 6.26. The zero-order chi connectivity index (χ0) is 12.9. The topological polar surface area (TPSA) is 62.7 Å². The lowest BCUT2D eigenvalue weighted by molar-refractivity contribution is 0.427. The molecule has 1 aromatic rings. The third-order valence-corrected chi connectivity index (χ3v) is 3.31. The van der Waals surface area contributed by atoms with E-state index >= 15 is 0 Å². The van der Waals surface area contributed by atoms with Crippen molar-refractivity contribution >= 4 is 11.8 Å². The summed E-state index contributed by atoms with van der Waals surface area (Å²) in [6, 6.07) is 0. The third-order valence-electron chi connectivity index (χ3n) is 2.25. The van der Waals surface area contributed by atoms with Crippen LogP contribution in [0.2, 0.25) is 0 Å². The van der Waals surface area contributed by atoms with Gasteiger partial charge in [-0.3, -0.25) is 4.57 Å². The van der Waals surface area contributed by atoms with Crippen LogP contribution in [-0.2, 0) is 6.54 Å². The standard InChI is InChI=1S/C11H22N4OS/c1-5-15-9(16)13-14-10(15)17-8-6-7-12-11(2,3)4/h12H,5-8H2,1-4H3,(H,13,16). The molecule has 0 amide bonds. The van der Waals surface area contributed by atoms with Gasteiger partial charge in [-0.25, -0.2) is 9.89 Å². The maximum Gasteiger partial charge on any atom is 0.343 e. The molecule has 0 aromatic carbocycles. The molecule has 0 fully saturated rings. The van der Waals surface area contributed by atoms with Crippen molar-refractivity contribution in [2.24, 2.45) is 0 Å². The molecular formula is C11H22N4OS. The lowest BCUT2D eigenvalue weighted by Gasteiger charge is -2.20. The van der Waals surface area contributed by atoms with Crippen LogP contribution in [0.3, 0.4) is 0 Å². The van der Waals surface area contributed by atoms with Gasteiger partial charge in [0.05, 0.1) is 0 Å². The molecule has 0 aliphatic rings. The van der Waals surface area contributed by atoms with Gasteiger partial charge in [0.15, 0.2) is 5.16 Å². The average Bonchev–Trinajstić information content (AvgIpc) is 2.57. The van der Waals surface area contributed by atoms with E-state index < -0.39 is 0 Å². The maximum atomic E-state index is 11.3. The second-order valence-electron chi connectivity index (χ2n) is 4.93. The first-order valence-corrected chi connectivity index (χ1v) is 6.95. The van der Waals surface area contributed by atoms with Gasteiger partial charge >= 0.3 is 5.69 Å². The van der Waals surface area contributed by atoms with E-state index in [-0.39, 0.29) is 11.2 Å². The van der Waals surface area contributed by atoms with Crippen LogP contribution in [0.15, 0.2) is 9.95 Å². The van der Waals surface area contributed by atoms with Crippen LogP contribution in [0.25, 0.3) is 0 Å². The molecule has 0 radical (unpaired) electrons. The van der Waals surface area contributed by atoms with Crippen molar-refractivity contribution < 1.29 is 0 Å². The Balaban J connectivity index is 2.29. The highest BCUT2D eigenvalue weighted by Gasteiger charge is 2.09. The highest BCUT2D eigenvalue weighted by molar-refractivity contribution is 7.99. The number of rotatable bonds is 6. The molecule has 2 N–H and O–H groups in total. The van der Waals surface area contributed by atoms with E-state index in [0.29, 0.717) is 6.54 Å². The Bertz CT molecular complexity index is 391. The zero-order valence-corrected chi connectivity index (χ0v) is 11.9. The van der Waals surface area contributed by atoms with Crippen LogP contribution < -0.4 is 11.0 Å². The Morgan fingerprint density at radius 1 is 1.47 bits per heavy atom. The molecule has 1 rings (SSSR count). The van der Waals surface area contributed by atoms with Gasteiger partial charge in [-0.1, -0.05) is 11.8 Å². The highest BCUT2D eigenvalue weighted by Crippen LogP contribution is 2.13. The lowest BCUT2D eigenvalue weighted by Crippen LogP contribution is -2.36. The number of aromatic amines is 1. The van der Waals surface area contributed by atoms with Crippen molar-refractivity contribution in [1.29, 1.82) is 0 Å². The van der Waals surface area contributed by atoms with Gasteiger partial charge in [0.25, 0.3) is 0 Å². The summed E-state index contributed by atoms with van der Waals surface area (Å²) >= 11 is 1.62. The number of nitrogens with zero attached hydrogens (tertiary/aromatic N) is 2. The van der Waals surface area contributed by atoms with Gasteiger partial charge in [-0.2, -0.15) is 0 Å². The molecule has 0 bridgehead atoms. The molecule has 1 heterocycles. The summed E-state index contributed by atoms with van der Waals surface area (Å²) in [7, 11) is 0. The normalized spacial score (nSPS) is 12.0. The van der Waals surface area contributed by atoms with Crippen LogP contribution >= 0.6 is 11.8 Å². The van der Waals surface area contributed by atoms with Crippen molar-refractivity contribution in [3.05, 3.63) is 10.5 Å².